The van der Waals surface area contributed by atoms with Gasteiger partial charge < -0.3 is 10.5 Å². The largest absolute Gasteiger partial charge is 0.462 e. The minimum atomic E-state index is -0.537. The van der Waals surface area contributed by atoms with E-state index in [1.54, 1.807) is 13.8 Å². The zero-order chi connectivity index (χ0) is 13.9. The zero-order valence-electron chi connectivity index (χ0n) is 10.6. The lowest BCUT2D eigenvalue weighted by Crippen LogP contribution is -2.13. The summed E-state index contributed by atoms with van der Waals surface area (Å²) < 4.78 is 4.92. The second kappa shape index (κ2) is 5.48. The summed E-state index contributed by atoms with van der Waals surface area (Å²) in [5, 5.41) is 10.9. The Hall–Kier alpha value is -2.11. The molecule has 0 aliphatic carbocycles. The summed E-state index contributed by atoms with van der Waals surface area (Å²) >= 11 is 0. The minimum Gasteiger partial charge on any atom is -0.462 e. The number of carbonyl (C=O) groups excluding carboxylic acids is 1. The second-order valence-electron chi connectivity index (χ2n) is 3.80. The summed E-state index contributed by atoms with van der Waals surface area (Å²) in [5.41, 5.74) is 6.94. The maximum atomic E-state index is 11.8. The number of anilines is 1. The molecule has 0 radical (unpaired) electrons. The lowest BCUT2D eigenvalue weighted by Gasteiger charge is -2.12. The van der Waals surface area contributed by atoms with E-state index in [9.17, 15) is 14.9 Å². The van der Waals surface area contributed by atoms with Crippen LogP contribution in [0.25, 0.3) is 0 Å². The van der Waals surface area contributed by atoms with Crippen molar-refractivity contribution in [1.82, 2.24) is 0 Å². The first kappa shape index (κ1) is 14.0. The van der Waals surface area contributed by atoms with E-state index in [2.05, 4.69) is 0 Å². The maximum Gasteiger partial charge on any atom is 0.340 e. The van der Waals surface area contributed by atoms with E-state index in [1.165, 1.54) is 13.0 Å². The SMILES string of the molecule is CCOC(=O)c1c(CC)cc([N+](=O)[O-])c(C)c1N. The minimum absolute atomic E-state index is 0.0719. The van der Waals surface area contributed by atoms with Crippen molar-refractivity contribution in [3.63, 3.8) is 0 Å². The molecule has 0 aromatic heterocycles. The molecule has 0 atom stereocenters. The summed E-state index contributed by atoms with van der Waals surface area (Å²) in [6.07, 6.45) is 0.472. The first-order valence-corrected chi connectivity index (χ1v) is 5.67. The molecule has 0 bridgehead atoms. The summed E-state index contributed by atoms with van der Waals surface area (Å²) in [4.78, 5) is 22.2. The number of nitrogens with zero attached hydrogens (tertiary/aromatic N) is 1. The Bertz CT molecular complexity index is 497. The van der Waals surface area contributed by atoms with E-state index in [0.717, 1.165) is 0 Å². The van der Waals surface area contributed by atoms with Crippen molar-refractivity contribution in [1.29, 1.82) is 0 Å². The van der Waals surface area contributed by atoms with E-state index in [1.807, 2.05) is 0 Å². The van der Waals surface area contributed by atoms with Gasteiger partial charge in [0, 0.05) is 6.07 Å². The van der Waals surface area contributed by atoms with Crippen molar-refractivity contribution < 1.29 is 14.5 Å². The molecule has 1 rings (SSSR count). The van der Waals surface area contributed by atoms with Crippen LogP contribution in [0.4, 0.5) is 11.4 Å². The fourth-order valence-corrected chi connectivity index (χ4v) is 1.76. The smallest absolute Gasteiger partial charge is 0.340 e. The number of nitrogens with two attached hydrogens (primary N) is 1. The molecule has 0 heterocycles. The number of hydrogen-bond donors (Lipinski definition) is 1. The molecule has 6 nitrogen and oxygen atoms in total. The van der Waals surface area contributed by atoms with Gasteiger partial charge in [0.2, 0.25) is 0 Å². The highest BCUT2D eigenvalue weighted by molar-refractivity contribution is 5.98. The Morgan fingerprint density at radius 1 is 1.50 bits per heavy atom. The van der Waals surface area contributed by atoms with Crippen molar-refractivity contribution in [2.24, 2.45) is 0 Å². The first-order valence-electron chi connectivity index (χ1n) is 5.67. The molecular weight excluding hydrogens is 236 g/mol. The van der Waals surface area contributed by atoms with Gasteiger partial charge in [0.1, 0.15) is 0 Å². The van der Waals surface area contributed by atoms with Crippen molar-refractivity contribution >= 4 is 17.3 Å². The number of nitro benzene ring substituents is 1. The van der Waals surface area contributed by atoms with E-state index < -0.39 is 10.9 Å². The van der Waals surface area contributed by atoms with E-state index in [-0.39, 0.29) is 23.5 Å². The summed E-state index contributed by atoms with van der Waals surface area (Å²) in [5.74, 6) is -0.537. The van der Waals surface area contributed by atoms with Crippen molar-refractivity contribution in [2.75, 3.05) is 12.3 Å². The van der Waals surface area contributed by atoms with Crippen LogP contribution >= 0.6 is 0 Å². The van der Waals surface area contributed by atoms with Gasteiger partial charge in [-0.05, 0) is 25.8 Å². The van der Waals surface area contributed by atoms with Crippen molar-refractivity contribution in [3.8, 4) is 0 Å². The number of nitrogen functional groups attached to an aromatic ring is 1. The molecule has 18 heavy (non-hydrogen) atoms. The van der Waals surface area contributed by atoms with Crippen molar-refractivity contribution in [3.05, 3.63) is 32.9 Å². The highest BCUT2D eigenvalue weighted by Crippen LogP contribution is 2.31. The van der Waals surface area contributed by atoms with Crippen LogP contribution in [0.2, 0.25) is 0 Å². The number of nitro groups is 1. The summed E-state index contributed by atoms with van der Waals surface area (Å²) in [6.45, 7) is 5.25. The number of ether oxygens (including phenoxy) is 1. The highest BCUT2D eigenvalue weighted by atomic mass is 16.6. The van der Waals surface area contributed by atoms with Gasteiger partial charge in [0.25, 0.3) is 5.69 Å². The lowest BCUT2D eigenvalue weighted by atomic mass is 9.98. The van der Waals surface area contributed by atoms with Crippen LogP contribution in [0.3, 0.4) is 0 Å². The zero-order valence-corrected chi connectivity index (χ0v) is 10.6. The maximum absolute atomic E-state index is 11.8. The molecule has 98 valence electrons. The first-order chi connectivity index (χ1) is 8.43. The Morgan fingerprint density at radius 3 is 2.56 bits per heavy atom. The molecule has 6 heteroatoms. The van der Waals surface area contributed by atoms with E-state index >= 15 is 0 Å². The molecule has 1 aromatic carbocycles. The number of carbonyl (C=O) groups is 1. The Labute approximate surface area is 105 Å². The normalized spacial score (nSPS) is 10.2. The fourth-order valence-electron chi connectivity index (χ4n) is 1.76. The quantitative estimate of drug-likeness (QED) is 0.383. The molecule has 0 aliphatic rings. The summed E-state index contributed by atoms with van der Waals surface area (Å²) in [7, 11) is 0. The van der Waals surface area contributed by atoms with Gasteiger partial charge in [-0.25, -0.2) is 4.79 Å². The van der Waals surface area contributed by atoms with Gasteiger partial charge in [-0.3, -0.25) is 10.1 Å². The number of rotatable bonds is 4. The lowest BCUT2D eigenvalue weighted by molar-refractivity contribution is -0.385. The molecule has 0 aliphatic heterocycles. The Kier molecular flexibility index (Phi) is 4.25. The van der Waals surface area contributed by atoms with Gasteiger partial charge in [0.05, 0.1) is 28.3 Å². The van der Waals surface area contributed by atoms with Crippen LogP contribution in [-0.4, -0.2) is 17.5 Å². The van der Waals surface area contributed by atoms with Crippen LogP contribution in [0.1, 0.15) is 35.3 Å². The van der Waals surface area contributed by atoms with Crippen LogP contribution in [0.15, 0.2) is 6.07 Å². The number of esters is 1. The van der Waals surface area contributed by atoms with Gasteiger partial charge in [-0.15, -0.1) is 0 Å². The molecule has 0 unspecified atom stereocenters. The standard InChI is InChI=1S/C12H16N2O4/c1-4-8-6-9(14(16)17)7(3)11(13)10(8)12(15)18-5-2/h6H,4-5,13H2,1-3H3. The number of aryl methyl sites for hydroxylation is 1. The Balaban J connectivity index is 3.48. The third kappa shape index (κ3) is 2.42. The number of hydrogen-bond acceptors (Lipinski definition) is 5. The second-order valence-corrected chi connectivity index (χ2v) is 3.80. The van der Waals surface area contributed by atoms with Crippen LogP contribution in [-0.2, 0) is 11.2 Å². The topological polar surface area (TPSA) is 95.5 Å². The van der Waals surface area contributed by atoms with Gasteiger partial charge in [-0.1, -0.05) is 6.92 Å². The average Bonchev–Trinajstić information content (AvgIpc) is 2.31. The monoisotopic (exact) mass is 252 g/mol. The predicted molar refractivity (Wildman–Crippen MR) is 67.6 cm³/mol. The van der Waals surface area contributed by atoms with E-state index in [0.29, 0.717) is 17.5 Å². The van der Waals surface area contributed by atoms with Gasteiger partial charge >= 0.3 is 5.97 Å². The fraction of sp³-hybridized carbons (Fsp3) is 0.417. The third-order valence-corrected chi connectivity index (χ3v) is 2.75. The average molecular weight is 252 g/mol. The molecule has 0 saturated carbocycles. The molecule has 1 aromatic rings. The van der Waals surface area contributed by atoms with Crippen LogP contribution < -0.4 is 5.73 Å². The Morgan fingerprint density at radius 2 is 2.11 bits per heavy atom. The molecule has 0 saturated heterocycles. The molecular formula is C12H16N2O4. The highest BCUT2D eigenvalue weighted by Gasteiger charge is 2.24. The molecule has 0 spiro atoms. The predicted octanol–water partition coefficient (Wildman–Crippen LogP) is 2.22. The molecule has 0 amide bonds. The molecule has 0 fully saturated rings. The third-order valence-electron chi connectivity index (χ3n) is 2.75. The summed E-state index contributed by atoms with van der Waals surface area (Å²) in [6, 6.07) is 1.39. The number of benzene rings is 1. The molecule has 2 N–H and O–H groups in total. The van der Waals surface area contributed by atoms with Crippen LogP contribution in [0.5, 0.6) is 0 Å². The van der Waals surface area contributed by atoms with E-state index in [4.69, 9.17) is 10.5 Å². The van der Waals surface area contributed by atoms with Gasteiger partial charge in [-0.2, -0.15) is 0 Å². The van der Waals surface area contributed by atoms with Gasteiger partial charge in [0.15, 0.2) is 0 Å². The van der Waals surface area contributed by atoms with Crippen molar-refractivity contribution in [2.45, 2.75) is 27.2 Å². The van der Waals surface area contributed by atoms with Crippen LogP contribution in [0, 0.1) is 17.0 Å².